The summed E-state index contributed by atoms with van der Waals surface area (Å²) < 4.78 is 29.5. The number of ether oxygens (including phenoxy) is 1. The van der Waals surface area contributed by atoms with E-state index >= 15 is 0 Å². The van der Waals surface area contributed by atoms with Crippen LogP contribution in [0.2, 0.25) is 5.02 Å². The fourth-order valence-electron chi connectivity index (χ4n) is 2.10. The van der Waals surface area contributed by atoms with E-state index in [-0.39, 0.29) is 18.6 Å². The zero-order valence-corrected chi connectivity index (χ0v) is 14.0. The van der Waals surface area contributed by atoms with Gasteiger partial charge in [-0.3, -0.25) is 9.78 Å². The molecule has 2 rings (SSSR count). The lowest BCUT2D eigenvalue weighted by Gasteiger charge is -2.20. The quantitative estimate of drug-likeness (QED) is 0.779. The standard InChI is InChI=1S/C13H18ClN3O4S/c1-16(22(2,19)20)9-13(18)17-6-4-10(8-17)21-12-3-5-15-7-11(12)14/h3,5,7,10H,4,6,8-9H2,1-2H3/t10-/m1/s1. The second kappa shape index (κ2) is 6.80. The van der Waals surface area contributed by atoms with Crippen LogP contribution in [-0.2, 0) is 14.8 Å². The van der Waals surface area contributed by atoms with Crippen LogP contribution >= 0.6 is 11.6 Å². The van der Waals surface area contributed by atoms with E-state index in [9.17, 15) is 13.2 Å². The number of hydrogen-bond acceptors (Lipinski definition) is 5. The first-order valence-electron chi connectivity index (χ1n) is 6.72. The molecule has 0 aromatic carbocycles. The molecule has 22 heavy (non-hydrogen) atoms. The largest absolute Gasteiger partial charge is 0.487 e. The maximum absolute atomic E-state index is 12.1. The van der Waals surface area contributed by atoms with Crippen LogP contribution in [0.5, 0.6) is 5.75 Å². The van der Waals surface area contributed by atoms with Gasteiger partial charge in [0.25, 0.3) is 0 Å². The molecule has 0 radical (unpaired) electrons. The summed E-state index contributed by atoms with van der Waals surface area (Å²) in [6.45, 7) is 0.778. The number of pyridine rings is 1. The Bertz CT molecular complexity index is 652. The number of halogens is 1. The van der Waals surface area contributed by atoms with E-state index in [1.807, 2.05) is 0 Å². The Morgan fingerprint density at radius 1 is 1.59 bits per heavy atom. The van der Waals surface area contributed by atoms with E-state index in [4.69, 9.17) is 16.3 Å². The number of sulfonamides is 1. The number of carbonyl (C=O) groups excluding carboxylic acids is 1. The van der Waals surface area contributed by atoms with Crippen LogP contribution in [0.1, 0.15) is 6.42 Å². The SMILES string of the molecule is CN(CC(=O)N1CC[C@@H](Oc2ccncc2Cl)C1)S(C)(=O)=O. The molecule has 0 N–H and O–H groups in total. The van der Waals surface area contributed by atoms with Crippen LogP contribution in [0.3, 0.4) is 0 Å². The van der Waals surface area contributed by atoms with Gasteiger partial charge in [0.15, 0.2) is 0 Å². The second-order valence-corrected chi connectivity index (χ2v) is 7.69. The first-order valence-corrected chi connectivity index (χ1v) is 8.95. The third kappa shape index (κ3) is 4.31. The molecule has 1 aromatic heterocycles. The number of likely N-dealkylation sites (tertiary alicyclic amines) is 1. The number of aromatic nitrogens is 1. The van der Waals surface area contributed by atoms with Gasteiger partial charge < -0.3 is 9.64 Å². The Kier molecular flexibility index (Phi) is 5.25. The molecule has 1 aliphatic heterocycles. The van der Waals surface area contributed by atoms with Crippen LogP contribution in [0.15, 0.2) is 18.5 Å². The minimum absolute atomic E-state index is 0.160. The Labute approximate surface area is 134 Å². The summed E-state index contributed by atoms with van der Waals surface area (Å²) in [4.78, 5) is 17.6. The fourth-order valence-corrected chi connectivity index (χ4v) is 2.61. The molecule has 9 heteroatoms. The van der Waals surface area contributed by atoms with Crippen LogP contribution in [0, 0.1) is 0 Å². The molecule has 2 heterocycles. The van der Waals surface area contributed by atoms with Gasteiger partial charge in [0.2, 0.25) is 15.9 Å². The van der Waals surface area contributed by atoms with Crippen molar-refractivity contribution >= 4 is 27.5 Å². The number of amides is 1. The zero-order chi connectivity index (χ0) is 16.3. The molecule has 1 atom stereocenters. The van der Waals surface area contributed by atoms with Gasteiger partial charge in [0, 0.05) is 38.5 Å². The Morgan fingerprint density at radius 2 is 2.32 bits per heavy atom. The molecule has 1 saturated heterocycles. The molecular weight excluding hydrogens is 330 g/mol. The third-order valence-electron chi connectivity index (χ3n) is 3.45. The van der Waals surface area contributed by atoms with Gasteiger partial charge in [-0.25, -0.2) is 8.42 Å². The maximum atomic E-state index is 12.1. The smallest absolute Gasteiger partial charge is 0.238 e. The number of hydrogen-bond donors (Lipinski definition) is 0. The fraction of sp³-hybridized carbons (Fsp3) is 0.538. The van der Waals surface area contributed by atoms with Gasteiger partial charge in [-0.15, -0.1) is 0 Å². The first-order chi connectivity index (χ1) is 10.3. The van der Waals surface area contributed by atoms with Crippen molar-refractivity contribution in [2.75, 3.05) is 32.9 Å². The molecule has 7 nitrogen and oxygen atoms in total. The van der Waals surface area contributed by atoms with E-state index in [1.54, 1.807) is 17.2 Å². The Morgan fingerprint density at radius 3 is 2.95 bits per heavy atom. The first kappa shape index (κ1) is 17.0. The Balaban J connectivity index is 1.90. The summed E-state index contributed by atoms with van der Waals surface area (Å²) in [5.74, 6) is 0.295. The van der Waals surface area contributed by atoms with E-state index in [0.717, 1.165) is 10.6 Å². The highest BCUT2D eigenvalue weighted by Crippen LogP contribution is 2.25. The van der Waals surface area contributed by atoms with E-state index in [0.29, 0.717) is 30.3 Å². The van der Waals surface area contributed by atoms with Gasteiger partial charge >= 0.3 is 0 Å². The van der Waals surface area contributed by atoms with Crippen LogP contribution in [-0.4, -0.2) is 67.6 Å². The molecule has 0 spiro atoms. The van der Waals surface area contributed by atoms with Gasteiger partial charge in [-0.1, -0.05) is 11.6 Å². The molecule has 122 valence electrons. The molecule has 1 fully saturated rings. The van der Waals surface area contributed by atoms with E-state index in [2.05, 4.69) is 4.98 Å². The summed E-state index contributed by atoms with van der Waals surface area (Å²) in [5.41, 5.74) is 0. The normalized spacial score (nSPS) is 18.7. The van der Waals surface area contributed by atoms with Crippen molar-refractivity contribution < 1.29 is 17.9 Å². The summed E-state index contributed by atoms with van der Waals surface area (Å²) in [6, 6.07) is 1.67. The predicted molar refractivity (Wildman–Crippen MR) is 82.3 cm³/mol. The summed E-state index contributed by atoms with van der Waals surface area (Å²) in [7, 11) is -1.98. The maximum Gasteiger partial charge on any atom is 0.238 e. The van der Waals surface area contributed by atoms with Crippen LogP contribution in [0.25, 0.3) is 0 Å². The van der Waals surface area contributed by atoms with Crippen molar-refractivity contribution in [2.45, 2.75) is 12.5 Å². The molecule has 0 unspecified atom stereocenters. The third-order valence-corrected chi connectivity index (χ3v) is 5.00. The summed E-state index contributed by atoms with van der Waals surface area (Å²) >= 11 is 5.98. The van der Waals surface area contributed by atoms with Crippen molar-refractivity contribution in [1.82, 2.24) is 14.2 Å². The lowest BCUT2D eigenvalue weighted by molar-refractivity contribution is -0.130. The number of rotatable bonds is 5. The minimum atomic E-state index is -3.36. The van der Waals surface area contributed by atoms with Crippen molar-refractivity contribution in [1.29, 1.82) is 0 Å². The summed E-state index contributed by atoms with van der Waals surface area (Å²) in [5, 5.41) is 0.420. The highest BCUT2D eigenvalue weighted by molar-refractivity contribution is 7.88. The van der Waals surface area contributed by atoms with Gasteiger partial charge in [0.1, 0.15) is 16.9 Å². The summed E-state index contributed by atoms with van der Waals surface area (Å²) in [6.07, 6.45) is 4.66. The molecule has 0 saturated carbocycles. The molecule has 0 aliphatic carbocycles. The number of carbonyl (C=O) groups is 1. The molecule has 1 aromatic rings. The number of nitrogens with zero attached hydrogens (tertiary/aromatic N) is 3. The second-order valence-electron chi connectivity index (χ2n) is 5.19. The Hall–Kier alpha value is -1.38. The van der Waals surface area contributed by atoms with Crippen LogP contribution in [0.4, 0.5) is 0 Å². The minimum Gasteiger partial charge on any atom is -0.487 e. The van der Waals surface area contributed by atoms with Crippen molar-refractivity contribution in [2.24, 2.45) is 0 Å². The predicted octanol–water partition coefficient (Wildman–Crippen LogP) is 0.606. The highest BCUT2D eigenvalue weighted by Gasteiger charge is 2.29. The lowest BCUT2D eigenvalue weighted by Crippen LogP contribution is -2.40. The monoisotopic (exact) mass is 347 g/mol. The van der Waals surface area contributed by atoms with Crippen LogP contribution < -0.4 is 4.74 Å². The molecule has 1 amide bonds. The molecular formula is C13H18ClN3O4S. The topological polar surface area (TPSA) is 79.8 Å². The van der Waals surface area contributed by atoms with Crippen molar-refractivity contribution in [3.63, 3.8) is 0 Å². The van der Waals surface area contributed by atoms with Gasteiger partial charge in [0.05, 0.1) is 19.3 Å². The van der Waals surface area contributed by atoms with Gasteiger partial charge in [-0.05, 0) is 0 Å². The zero-order valence-electron chi connectivity index (χ0n) is 12.4. The van der Waals surface area contributed by atoms with E-state index < -0.39 is 10.0 Å². The number of likely N-dealkylation sites (N-methyl/N-ethyl adjacent to an activating group) is 1. The highest BCUT2D eigenvalue weighted by atomic mass is 35.5. The lowest BCUT2D eigenvalue weighted by atomic mass is 10.3. The van der Waals surface area contributed by atoms with Gasteiger partial charge in [-0.2, -0.15) is 4.31 Å². The average molecular weight is 348 g/mol. The van der Waals surface area contributed by atoms with Crippen molar-refractivity contribution in [3.8, 4) is 5.75 Å². The average Bonchev–Trinajstić information content (AvgIpc) is 2.89. The molecule has 0 bridgehead atoms. The molecule has 1 aliphatic rings. The van der Waals surface area contributed by atoms with E-state index in [1.165, 1.54) is 13.2 Å². The van der Waals surface area contributed by atoms with Crippen molar-refractivity contribution in [3.05, 3.63) is 23.5 Å².